The second-order valence-electron chi connectivity index (χ2n) is 4.86. The minimum Gasteiger partial charge on any atom is -0.392 e. The van der Waals surface area contributed by atoms with Gasteiger partial charge in [0.15, 0.2) is 0 Å². The van der Waals surface area contributed by atoms with Crippen LogP contribution in [-0.4, -0.2) is 29.1 Å². The summed E-state index contributed by atoms with van der Waals surface area (Å²) in [5.41, 5.74) is 5.06. The summed E-state index contributed by atoms with van der Waals surface area (Å²) >= 11 is 6.68. The Morgan fingerprint density at radius 3 is 2.85 bits per heavy atom. The van der Waals surface area contributed by atoms with Gasteiger partial charge in [0.25, 0.3) is 0 Å². The molecule has 1 aliphatic rings. The van der Waals surface area contributed by atoms with Crippen molar-refractivity contribution in [2.24, 2.45) is 11.1 Å². The number of carbonyl (C=O) groups excluding carboxylic acids is 1. The lowest BCUT2D eigenvalue weighted by atomic mass is 9.79. The number of hydrogen-bond acceptors (Lipinski definition) is 5. The Kier molecular flexibility index (Phi) is 5.06. The van der Waals surface area contributed by atoms with Gasteiger partial charge in [-0.1, -0.05) is 19.1 Å². The topological polar surface area (TPSA) is 77.2 Å². The summed E-state index contributed by atoms with van der Waals surface area (Å²) in [6.45, 7) is 3.04. The summed E-state index contributed by atoms with van der Waals surface area (Å²) in [4.78, 5) is 17.2. The third-order valence-corrected chi connectivity index (χ3v) is 5.00. The zero-order valence-electron chi connectivity index (χ0n) is 11.4. The number of thiocarbonyl (C=S) groups is 1. The monoisotopic (exact) mass is 313 g/mol. The van der Waals surface area contributed by atoms with Gasteiger partial charge < -0.3 is 15.8 Å². The fourth-order valence-corrected chi connectivity index (χ4v) is 3.42. The molecular weight excluding hydrogens is 294 g/mol. The number of rotatable bonds is 5. The third-order valence-electron chi connectivity index (χ3n) is 3.72. The molecule has 0 spiro atoms. The molecule has 1 amide bonds. The zero-order valence-corrected chi connectivity index (χ0v) is 13.1. The molecule has 1 fully saturated rings. The number of amides is 1. The first-order valence-corrected chi connectivity index (χ1v) is 7.97. The second-order valence-corrected chi connectivity index (χ2v) is 6.23. The number of hydrogen-bond donors (Lipinski definition) is 2. The minimum absolute atomic E-state index is 0.0865. The molecule has 110 valence electrons. The molecule has 0 radical (unpaired) electrons. The molecular formula is C13H19N3O2S2. The van der Waals surface area contributed by atoms with Crippen molar-refractivity contribution in [3.05, 3.63) is 16.6 Å². The van der Waals surface area contributed by atoms with Crippen LogP contribution in [0.3, 0.4) is 0 Å². The normalized spacial score (nSPS) is 19.2. The van der Waals surface area contributed by atoms with Crippen molar-refractivity contribution in [1.82, 2.24) is 10.3 Å². The van der Waals surface area contributed by atoms with Gasteiger partial charge in [-0.25, -0.2) is 4.98 Å². The lowest BCUT2D eigenvalue weighted by Gasteiger charge is -2.35. The number of nitrogens with zero attached hydrogens (tertiary/aromatic N) is 1. The Bertz CT molecular complexity index is 470. The number of nitrogens with two attached hydrogens (primary N) is 1. The van der Waals surface area contributed by atoms with Gasteiger partial charge in [-0.15, -0.1) is 11.3 Å². The van der Waals surface area contributed by atoms with Crippen molar-refractivity contribution in [2.75, 3.05) is 13.2 Å². The Hall–Kier alpha value is -1.05. The van der Waals surface area contributed by atoms with E-state index in [1.807, 2.05) is 12.3 Å². The van der Waals surface area contributed by atoms with E-state index >= 15 is 0 Å². The molecule has 0 aromatic carbocycles. The van der Waals surface area contributed by atoms with Crippen molar-refractivity contribution in [3.63, 3.8) is 0 Å². The summed E-state index contributed by atoms with van der Waals surface area (Å²) in [5.74, 6) is -0.102. The maximum Gasteiger partial charge on any atom is 0.233 e. The summed E-state index contributed by atoms with van der Waals surface area (Å²) in [5, 5.41) is 5.86. The first-order chi connectivity index (χ1) is 9.60. The average molecular weight is 313 g/mol. The molecule has 20 heavy (non-hydrogen) atoms. The van der Waals surface area contributed by atoms with E-state index in [-0.39, 0.29) is 16.9 Å². The fraction of sp³-hybridized carbons (Fsp3) is 0.615. The van der Waals surface area contributed by atoms with Gasteiger partial charge in [0.1, 0.15) is 10.4 Å². The third kappa shape index (κ3) is 2.99. The molecule has 1 aromatic heterocycles. The molecule has 7 heteroatoms. The van der Waals surface area contributed by atoms with Crippen LogP contribution >= 0.6 is 23.6 Å². The van der Waals surface area contributed by atoms with Gasteiger partial charge in [0.05, 0.1) is 11.0 Å². The van der Waals surface area contributed by atoms with Gasteiger partial charge in [0.2, 0.25) is 5.91 Å². The molecule has 0 bridgehead atoms. The maximum atomic E-state index is 12.7. The SMILES string of the molecule is CCC(NC(=O)C1(C(N)=S)CCOCC1)c1nccs1. The highest BCUT2D eigenvalue weighted by Crippen LogP contribution is 2.32. The minimum atomic E-state index is -0.780. The molecule has 1 aliphatic heterocycles. The molecule has 2 rings (SSSR count). The van der Waals surface area contributed by atoms with E-state index in [9.17, 15) is 4.79 Å². The quantitative estimate of drug-likeness (QED) is 0.811. The smallest absolute Gasteiger partial charge is 0.233 e. The summed E-state index contributed by atoms with van der Waals surface area (Å²) in [7, 11) is 0. The van der Waals surface area contributed by atoms with Crippen molar-refractivity contribution in [2.45, 2.75) is 32.2 Å². The maximum absolute atomic E-state index is 12.7. The highest BCUT2D eigenvalue weighted by molar-refractivity contribution is 7.80. The molecule has 1 unspecified atom stereocenters. The highest BCUT2D eigenvalue weighted by Gasteiger charge is 2.43. The fourth-order valence-electron chi connectivity index (χ4n) is 2.35. The van der Waals surface area contributed by atoms with Crippen LogP contribution in [0.4, 0.5) is 0 Å². The van der Waals surface area contributed by atoms with Crippen molar-refractivity contribution < 1.29 is 9.53 Å². The van der Waals surface area contributed by atoms with E-state index in [0.717, 1.165) is 11.4 Å². The second kappa shape index (κ2) is 6.60. The van der Waals surface area contributed by atoms with Gasteiger partial charge in [-0.3, -0.25) is 4.79 Å². The van der Waals surface area contributed by atoms with E-state index in [4.69, 9.17) is 22.7 Å². The summed E-state index contributed by atoms with van der Waals surface area (Å²) in [6, 6.07) is -0.0865. The largest absolute Gasteiger partial charge is 0.392 e. The van der Waals surface area contributed by atoms with E-state index in [1.165, 1.54) is 11.3 Å². The molecule has 5 nitrogen and oxygen atoms in total. The highest BCUT2D eigenvalue weighted by atomic mass is 32.1. The molecule has 1 aromatic rings. The van der Waals surface area contributed by atoms with E-state index < -0.39 is 5.41 Å². The van der Waals surface area contributed by atoms with Gasteiger partial charge >= 0.3 is 0 Å². The Balaban J connectivity index is 2.14. The lowest BCUT2D eigenvalue weighted by molar-refractivity contribution is -0.132. The average Bonchev–Trinajstić information content (AvgIpc) is 2.99. The van der Waals surface area contributed by atoms with Crippen LogP contribution in [0.15, 0.2) is 11.6 Å². The lowest BCUT2D eigenvalue weighted by Crippen LogP contribution is -2.52. The zero-order chi connectivity index (χ0) is 14.6. The van der Waals surface area contributed by atoms with E-state index in [2.05, 4.69) is 10.3 Å². The molecule has 0 aliphatic carbocycles. The molecule has 1 saturated heterocycles. The van der Waals surface area contributed by atoms with Crippen LogP contribution in [-0.2, 0) is 9.53 Å². The van der Waals surface area contributed by atoms with Crippen LogP contribution in [0.25, 0.3) is 0 Å². The standard InChI is InChI=1S/C13H19N3O2S2/c1-2-9(10-15-5-8-20-10)16-12(17)13(11(14)19)3-6-18-7-4-13/h5,8-9H,2-4,6-7H2,1H3,(H2,14,19)(H,16,17). The van der Waals surface area contributed by atoms with Gasteiger partial charge in [-0.2, -0.15) is 0 Å². The van der Waals surface area contributed by atoms with Crippen LogP contribution in [0, 0.1) is 5.41 Å². The number of thiazole rings is 1. The molecule has 1 atom stereocenters. The first-order valence-electron chi connectivity index (χ1n) is 6.68. The van der Waals surface area contributed by atoms with Crippen LogP contribution in [0.5, 0.6) is 0 Å². The van der Waals surface area contributed by atoms with Crippen LogP contribution in [0.1, 0.15) is 37.2 Å². The Morgan fingerprint density at radius 1 is 1.65 bits per heavy atom. The van der Waals surface area contributed by atoms with Crippen LogP contribution in [0.2, 0.25) is 0 Å². The van der Waals surface area contributed by atoms with E-state index in [0.29, 0.717) is 26.1 Å². The Morgan fingerprint density at radius 2 is 2.35 bits per heavy atom. The van der Waals surface area contributed by atoms with Crippen molar-refractivity contribution in [3.8, 4) is 0 Å². The van der Waals surface area contributed by atoms with Gasteiger partial charge in [0, 0.05) is 24.8 Å². The summed E-state index contributed by atoms with van der Waals surface area (Å²) < 4.78 is 5.32. The Labute approximate surface area is 127 Å². The predicted octanol–water partition coefficient (Wildman–Crippen LogP) is 1.79. The van der Waals surface area contributed by atoms with E-state index in [1.54, 1.807) is 6.20 Å². The van der Waals surface area contributed by atoms with Crippen molar-refractivity contribution in [1.29, 1.82) is 0 Å². The van der Waals surface area contributed by atoms with Crippen molar-refractivity contribution >= 4 is 34.5 Å². The number of carbonyl (C=O) groups is 1. The predicted molar refractivity (Wildman–Crippen MR) is 82.6 cm³/mol. The number of aromatic nitrogens is 1. The molecule has 0 saturated carbocycles. The number of nitrogens with one attached hydrogen (secondary N) is 1. The summed E-state index contributed by atoms with van der Waals surface area (Å²) in [6.07, 6.45) is 3.61. The first kappa shape index (κ1) is 15.3. The number of ether oxygens (including phenoxy) is 1. The van der Waals surface area contributed by atoms with Gasteiger partial charge in [-0.05, 0) is 19.3 Å². The molecule has 3 N–H and O–H groups in total. The molecule has 2 heterocycles. The van der Waals surface area contributed by atoms with Crippen LogP contribution < -0.4 is 11.1 Å².